The van der Waals surface area contributed by atoms with Crippen molar-refractivity contribution in [2.45, 2.75) is 51.6 Å². The number of amides is 2. The summed E-state index contributed by atoms with van der Waals surface area (Å²) in [5.74, 6) is -1.61. The van der Waals surface area contributed by atoms with Gasteiger partial charge in [0.1, 0.15) is 5.82 Å². The topological polar surface area (TPSA) is 71.7 Å². The van der Waals surface area contributed by atoms with Crippen molar-refractivity contribution in [3.8, 4) is 11.5 Å². The van der Waals surface area contributed by atoms with Gasteiger partial charge in [0.25, 0.3) is 5.89 Å². The van der Waals surface area contributed by atoms with Crippen LogP contribution in [0.1, 0.15) is 51.0 Å². The maximum atomic E-state index is 15.1. The average Bonchev–Trinajstić information content (AvgIpc) is 3.33. The number of alkyl halides is 2. The van der Waals surface area contributed by atoms with Gasteiger partial charge in [0.2, 0.25) is 5.89 Å². The molecule has 0 N–H and O–H groups in total. The standard InChI is InChI=1S/C23H29F3N4O3/c1-4-9-23(5-2,6-3)30(22(31)29-10-12-32-13-11-29)15-17-8-7-16(14-18(17)24)20-27-28-21(33-20)19(25)26/h4,7-8,14,19H,1,5-6,9-13,15H2,2-3H3. The fourth-order valence-corrected chi connectivity index (χ4v) is 4.08. The molecular weight excluding hydrogens is 437 g/mol. The van der Waals surface area contributed by atoms with E-state index in [0.717, 1.165) is 6.07 Å². The number of urea groups is 1. The number of halogens is 3. The zero-order valence-electron chi connectivity index (χ0n) is 18.9. The summed E-state index contributed by atoms with van der Waals surface area (Å²) < 4.78 is 50.9. The highest BCUT2D eigenvalue weighted by molar-refractivity contribution is 5.75. The van der Waals surface area contributed by atoms with Gasteiger partial charge in [0, 0.05) is 29.8 Å². The molecule has 0 unspecified atom stereocenters. The SMILES string of the molecule is C=CCC(CC)(CC)N(Cc1ccc(-c2nnc(C(F)F)o2)cc1F)C(=O)N1CCOCC1. The number of hydrogen-bond acceptors (Lipinski definition) is 5. The molecule has 1 aliphatic heterocycles. The van der Waals surface area contributed by atoms with Crippen LogP contribution in [0.25, 0.3) is 11.5 Å². The smallest absolute Gasteiger partial charge is 0.320 e. The number of benzene rings is 1. The Hall–Kier alpha value is -2.88. The first-order valence-corrected chi connectivity index (χ1v) is 11.0. The van der Waals surface area contributed by atoms with Gasteiger partial charge in [-0.3, -0.25) is 0 Å². The Morgan fingerprint density at radius 3 is 2.52 bits per heavy atom. The Balaban J connectivity index is 1.92. The fraction of sp³-hybridized carbons (Fsp3) is 0.522. The maximum Gasteiger partial charge on any atom is 0.320 e. The van der Waals surface area contributed by atoms with Crippen LogP contribution in [0.2, 0.25) is 0 Å². The summed E-state index contributed by atoms with van der Waals surface area (Å²) in [6, 6.07) is 4.01. The van der Waals surface area contributed by atoms with Crippen LogP contribution in [-0.4, -0.2) is 57.9 Å². The van der Waals surface area contributed by atoms with Crippen molar-refractivity contribution in [2.75, 3.05) is 26.3 Å². The van der Waals surface area contributed by atoms with Crippen molar-refractivity contribution in [3.05, 3.63) is 48.1 Å². The van der Waals surface area contributed by atoms with E-state index < -0.39 is 23.7 Å². The van der Waals surface area contributed by atoms with Crippen molar-refractivity contribution in [1.82, 2.24) is 20.0 Å². The minimum atomic E-state index is -2.91. The highest BCUT2D eigenvalue weighted by atomic mass is 19.3. The van der Waals surface area contributed by atoms with Gasteiger partial charge in [-0.2, -0.15) is 8.78 Å². The summed E-state index contributed by atoms with van der Waals surface area (Å²) in [5.41, 5.74) is -0.0460. The first kappa shape index (κ1) is 24.8. The van der Waals surface area contributed by atoms with Gasteiger partial charge in [-0.1, -0.05) is 26.0 Å². The van der Waals surface area contributed by atoms with Crippen LogP contribution in [0.5, 0.6) is 0 Å². The zero-order valence-corrected chi connectivity index (χ0v) is 18.9. The van der Waals surface area contributed by atoms with E-state index in [-0.39, 0.29) is 24.0 Å². The average molecular weight is 467 g/mol. The molecule has 0 radical (unpaired) electrons. The van der Waals surface area contributed by atoms with Crippen LogP contribution in [0.15, 0.2) is 35.3 Å². The molecule has 1 aromatic carbocycles. The first-order chi connectivity index (χ1) is 15.8. The molecular formula is C23H29F3N4O3. The molecule has 0 bridgehead atoms. The number of hydrogen-bond donors (Lipinski definition) is 0. The van der Waals surface area contributed by atoms with Crippen molar-refractivity contribution >= 4 is 6.03 Å². The minimum absolute atomic E-state index is 0.0456. The number of carbonyl (C=O) groups is 1. The predicted molar refractivity (Wildman–Crippen MR) is 116 cm³/mol. The number of nitrogens with zero attached hydrogens (tertiary/aromatic N) is 4. The molecule has 2 aromatic rings. The summed E-state index contributed by atoms with van der Waals surface area (Å²) >= 11 is 0. The second kappa shape index (κ2) is 10.8. The van der Waals surface area contributed by atoms with Gasteiger partial charge >= 0.3 is 12.5 Å². The quantitative estimate of drug-likeness (QED) is 0.475. The second-order valence-electron chi connectivity index (χ2n) is 7.94. The van der Waals surface area contributed by atoms with Crippen molar-refractivity contribution < 1.29 is 27.1 Å². The van der Waals surface area contributed by atoms with E-state index in [2.05, 4.69) is 16.8 Å². The normalized spacial score (nSPS) is 14.5. The predicted octanol–water partition coefficient (Wildman–Crippen LogP) is 5.20. The fourth-order valence-electron chi connectivity index (χ4n) is 4.08. The van der Waals surface area contributed by atoms with Crippen LogP contribution in [-0.2, 0) is 11.3 Å². The van der Waals surface area contributed by atoms with Gasteiger partial charge in [-0.25, -0.2) is 9.18 Å². The van der Waals surface area contributed by atoms with Crippen LogP contribution in [0.4, 0.5) is 18.0 Å². The van der Waals surface area contributed by atoms with E-state index in [1.165, 1.54) is 12.1 Å². The van der Waals surface area contributed by atoms with Gasteiger partial charge < -0.3 is 19.0 Å². The minimum Gasteiger partial charge on any atom is -0.415 e. The Labute approximate surface area is 191 Å². The van der Waals surface area contributed by atoms with E-state index in [1.54, 1.807) is 15.9 Å². The molecule has 3 rings (SSSR count). The summed E-state index contributed by atoms with van der Waals surface area (Å²) in [4.78, 5) is 17.0. The largest absolute Gasteiger partial charge is 0.415 e. The molecule has 1 aliphatic rings. The highest BCUT2D eigenvalue weighted by Gasteiger charge is 2.38. The third-order valence-electron chi connectivity index (χ3n) is 6.18. The molecule has 33 heavy (non-hydrogen) atoms. The number of ether oxygens (including phenoxy) is 1. The van der Waals surface area contributed by atoms with Gasteiger partial charge in [-0.05, 0) is 31.4 Å². The molecule has 2 heterocycles. The van der Waals surface area contributed by atoms with Crippen molar-refractivity contribution in [3.63, 3.8) is 0 Å². The monoisotopic (exact) mass is 466 g/mol. The molecule has 1 aromatic heterocycles. The first-order valence-electron chi connectivity index (χ1n) is 11.0. The van der Waals surface area contributed by atoms with E-state index in [0.29, 0.717) is 51.1 Å². The molecule has 1 saturated heterocycles. The molecule has 7 nitrogen and oxygen atoms in total. The highest BCUT2D eigenvalue weighted by Crippen LogP contribution is 2.33. The Morgan fingerprint density at radius 1 is 1.27 bits per heavy atom. The lowest BCUT2D eigenvalue weighted by molar-refractivity contribution is 0.0224. The van der Waals surface area contributed by atoms with E-state index in [4.69, 9.17) is 9.15 Å². The maximum absolute atomic E-state index is 15.1. The summed E-state index contributed by atoms with van der Waals surface area (Å²) in [6.45, 7) is 9.76. The zero-order chi connectivity index (χ0) is 24.0. The van der Waals surface area contributed by atoms with Crippen LogP contribution in [0, 0.1) is 5.82 Å². The molecule has 0 atom stereocenters. The molecule has 10 heteroatoms. The lowest BCUT2D eigenvalue weighted by atomic mass is 9.86. The van der Waals surface area contributed by atoms with Crippen LogP contribution in [0.3, 0.4) is 0 Å². The number of morpholine rings is 1. The van der Waals surface area contributed by atoms with Crippen LogP contribution < -0.4 is 0 Å². The summed E-state index contributed by atoms with van der Waals surface area (Å²) in [6.07, 6.45) is 0.778. The van der Waals surface area contributed by atoms with Crippen molar-refractivity contribution in [2.24, 2.45) is 0 Å². The Bertz CT molecular complexity index is 956. The second-order valence-corrected chi connectivity index (χ2v) is 7.94. The molecule has 0 aliphatic carbocycles. The molecule has 0 saturated carbocycles. The van der Waals surface area contributed by atoms with Gasteiger partial charge in [-0.15, -0.1) is 16.8 Å². The number of carbonyl (C=O) groups excluding carboxylic acids is 1. The van der Waals surface area contributed by atoms with Gasteiger partial charge in [0.15, 0.2) is 0 Å². The Morgan fingerprint density at radius 2 is 1.97 bits per heavy atom. The number of aromatic nitrogens is 2. The summed E-state index contributed by atoms with van der Waals surface area (Å²) in [7, 11) is 0. The van der Waals surface area contributed by atoms with E-state index in [9.17, 15) is 13.6 Å². The third-order valence-corrected chi connectivity index (χ3v) is 6.18. The van der Waals surface area contributed by atoms with Crippen LogP contribution >= 0.6 is 0 Å². The van der Waals surface area contributed by atoms with E-state index >= 15 is 4.39 Å². The molecule has 0 spiro atoms. The van der Waals surface area contributed by atoms with E-state index in [1.807, 2.05) is 13.8 Å². The molecule has 1 fully saturated rings. The number of rotatable bonds is 9. The van der Waals surface area contributed by atoms with Crippen molar-refractivity contribution in [1.29, 1.82) is 0 Å². The molecule has 2 amide bonds. The summed E-state index contributed by atoms with van der Waals surface area (Å²) in [5, 5.41) is 6.84. The Kier molecular flexibility index (Phi) is 8.12. The lowest BCUT2D eigenvalue weighted by Crippen LogP contribution is -2.57. The molecule has 180 valence electrons. The van der Waals surface area contributed by atoms with Gasteiger partial charge in [0.05, 0.1) is 19.8 Å². The lowest BCUT2D eigenvalue weighted by Gasteiger charge is -2.45. The third kappa shape index (κ3) is 5.38.